The molecule has 0 unspecified atom stereocenters. The van der Waals surface area contributed by atoms with E-state index in [0.29, 0.717) is 23.4 Å². The van der Waals surface area contributed by atoms with Crippen LogP contribution in [0.5, 0.6) is 0 Å². The Morgan fingerprint density at radius 3 is 2.61 bits per heavy atom. The molecule has 3 N–H and O–H groups in total. The summed E-state index contributed by atoms with van der Waals surface area (Å²) in [6.45, 7) is 2.48. The molecule has 1 aromatic heterocycles. The van der Waals surface area contributed by atoms with Crippen LogP contribution in [-0.4, -0.2) is 15.9 Å². The monoisotopic (exact) mass is 375 g/mol. The second kappa shape index (κ2) is 7.48. The normalized spacial score (nSPS) is 13.9. The molecular formula is C21H18FN5O. The van der Waals surface area contributed by atoms with Gasteiger partial charge in [-0.1, -0.05) is 0 Å². The summed E-state index contributed by atoms with van der Waals surface area (Å²) in [4.78, 5) is 20.6. The average molecular weight is 375 g/mol. The van der Waals surface area contributed by atoms with Gasteiger partial charge >= 0.3 is 0 Å². The topological polar surface area (TPSA) is 78.9 Å². The van der Waals surface area contributed by atoms with Crippen LogP contribution in [0.15, 0.2) is 61.1 Å². The number of carbonyl (C=O) groups excluding carboxylic acids is 1. The first-order valence-corrected chi connectivity index (χ1v) is 8.78. The molecule has 4 rings (SSSR count). The standard InChI is InChI=1S/C21H18FN5O/c1-13-9-24-17(10-23-13)11-25-15-3-5-16(6-4-15)26-12-19-18-7-2-14(22)8-20(18)27-21(19)28/h2-10,12,25-26H,11H2,1H3,(H,27,28). The van der Waals surface area contributed by atoms with Crippen molar-refractivity contribution in [3.05, 3.63) is 83.8 Å². The Labute approximate surface area is 161 Å². The van der Waals surface area contributed by atoms with Crippen LogP contribution >= 0.6 is 0 Å². The molecule has 0 atom stereocenters. The fourth-order valence-electron chi connectivity index (χ4n) is 2.85. The van der Waals surface area contributed by atoms with Gasteiger partial charge in [-0.05, 0) is 49.4 Å². The lowest BCUT2D eigenvalue weighted by atomic mass is 10.1. The van der Waals surface area contributed by atoms with Crippen molar-refractivity contribution in [2.24, 2.45) is 0 Å². The van der Waals surface area contributed by atoms with E-state index in [0.717, 1.165) is 22.8 Å². The Balaban J connectivity index is 1.40. The smallest absolute Gasteiger partial charge is 0.257 e. The van der Waals surface area contributed by atoms with Crippen molar-refractivity contribution in [2.45, 2.75) is 13.5 Å². The fourth-order valence-corrected chi connectivity index (χ4v) is 2.85. The number of fused-ring (bicyclic) bond motifs is 1. The van der Waals surface area contributed by atoms with Crippen LogP contribution < -0.4 is 16.0 Å². The molecule has 28 heavy (non-hydrogen) atoms. The summed E-state index contributed by atoms with van der Waals surface area (Å²) in [6, 6.07) is 11.9. The van der Waals surface area contributed by atoms with Gasteiger partial charge in [0.25, 0.3) is 5.91 Å². The molecule has 0 saturated heterocycles. The summed E-state index contributed by atoms with van der Waals surface area (Å²) in [5, 5.41) is 9.06. The minimum absolute atomic E-state index is 0.259. The molecule has 140 valence electrons. The Bertz CT molecular complexity index is 1050. The lowest BCUT2D eigenvalue weighted by Crippen LogP contribution is -2.05. The summed E-state index contributed by atoms with van der Waals surface area (Å²) >= 11 is 0. The average Bonchev–Trinajstić information content (AvgIpc) is 3.01. The van der Waals surface area contributed by atoms with Crippen LogP contribution in [0, 0.1) is 12.7 Å². The number of carbonyl (C=O) groups is 1. The number of aryl methyl sites for hydroxylation is 1. The largest absolute Gasteiger partial charge is 0.379 e. The van der Waals surface area contributed by atoms with Crippen molar-refractivity contribution in [1.82, 2.24) is 9.97 Å². The lowest BCUT2D eigenvalue weighted by molar-refractivity contribution is -0.110. The Kier molecular flexibility index (Phi) is 4.72. The highest BCUT2D eigenvalue weighted by molar-refractivity contribution is 6.31. The van der Waals surface area contributed by atoms with Gasteiger partial charge in [0.2, 0.25) is 0 Å². The number of hydrogen-bond donors (Lipinski definition) is 3. The molecule has 0 bridgehead atoms. The van der Waals surface area contributed by atoms with Crippen LogP contribution in [0.1, 0.15) is 17.0 Å². The maximum atomic E-state index is 13.3. The zero-order chi connectivity index (χ0) is 19.5. The molecule has 6 nitrogen and oxygen atoms in total. The summed E-state index contributed by atoms with van der Waals surface area (Å²) in [5.74, 6) is -0.640. The van der Waals surface area contributed by atoms with E-state index in [4.69, 9.17) is 0 Å². The highest BCUT2D eigenvalue weighted by Gasteiger charge is 2.24. The molecule has 2 aromatic carbocycles. The van der Waals surface area contributed by atoms with E-state index in [9.17, 15) is 9.18 Å². The third kappa shape index (κ3) is 3.83. The predicted octanol–water partition coefficient (Wildman–Crippen LogP) is 3.94. The zero-order valence-electron chi connectivity index (χ0n) is 15.2. The van der Waals surface area contributed by atoms with Crippen LogP contribution in [0.4, 0.5) is 21.5 Å². The van der Waals surface area contributed by atoms with Crippen LogP contribution in [0.3, 0.4) is 0 Å². The second-order valence-corrected chi connectivity index (χ2v) is 6.43. The van der Waals surface area contributed by atoms with Crippen molar-refractivity contribution in [3.63, 3.8) is 0 Å². The lowest BCUT2D eigenvalue weighted by Gasteiger charge is -2.08. The number of nitrogens with zero attached hydrogens (tertiary/aromatic N) is 2. The first-order valence-electron chi connectivity index (χ1n) is 8.78. The number of anilines is 3. The maximum Gasteiger partial charge on any atom is 0.257 e. The molecule has 3 aromatic rings. The Hall–Kier alpha value is -3.74. The molecule has 1 amide bonds. The van der Waals surface area contributed by atoms with E-state index >= 15 is 0 Å². The summed E-state index contributed by atoms with van der Waals surface area (Å²) in [6.07, 6.45) is 5.12. The number of benzene rings is 2. The van der Waals surface area contributed by atoms with Gasteiger partial charge in [-0.3, -0.25) is 14.8 Å². The molecule has 0 saturated carbocycles. The van der Waals surface area contributed by atoms with Crippen LogP contribution in [0.2, 0.25) is 0 Å². The van der Waals surface area contributed by atoms with Crippen molar-refractivity contribution in [1.29, 1.82) is 0 Å². The summed E-state index contributed by atoms with van der Waals surface area (Å²) in [5.41, 5.74) is 5.15. The van der Waals surface area contributed by atoms with E-state index in [-0.39, 0.29) is 11.7 Å². The second-order valence-electron chi connectivity index (χ2n) is 6.43. The number of halogens is 1. The van der Waals surface area contributed by atoms with Crippen LogP contribution in [-0.2, 0) is 11.3 Å². The van der Waals surface area contributed by atoms with Crippen molar-refractivity contribution >= 4 is 28.5 Å². The molecule has 2 heterocycles. The van der Waals surface area contributed by atoms with Crippen LogP contribution in [0.25, 0.3) is 5.57 Å². The third-order valence-corrected chi connectivity index (χ3v) is 4.34. The molecule has 0 aliphatic carbocycles. The van der Waals surface area contributed by atoms with Crippen molar-refractivity contribution < 1.29 is 9.18 Å². The third-order valence-electron chi connectivity index (χ3n) is 4.34. The number of nitrogens with one attached hydrogen (secondary N) is 3. The minimum Gasteiger partial charge on any atom is -0.379 e. The van der Waals surface area contributed by atoms with Gasteiger partial charge in [0.1, 0.15) is 5.82 Å². The van der Waals surface area contributed by atoms with E-state index in [1.54, 1.807) is 24.7 Å². The van der Waals surface area contributed by atoms with Gasteiger partial charge < -0.3 is 16.0 Å². The quantitative estimate of drug-likeness (QED) is 0.589. The highest BCUT2D eigenvalue weighted by atomic mass is 19.1. The minimum atomic E-state index is -0.382. The van der Waals surface area contributed by atoms with Gasteiger partial charge in [0.05, 0.1) is 35.4 Å². The van der Waals surface area contributed by atoms with E-state index in [2.05, 4.69) is 25.9 Å². The first kappa shape index (κ1) is 17.7. The number of hydrogen-bond acceptors (Lipinski definition) is 5. The molecular weight excluding hydrogens is 357 g/mol. The van der Waals surface area contributed by atoms with E-state index in [1.807, 2.05) is 31.2 Å². The summed E-state index contributed by atoms with van der Waals surface area (Å²) in [7, 11) is 0. The van der Waals surface area contributed by atoms with Crippen molar-refractivity contribution in [3.8, 4) is 0 Å². The van der Waals surface area contributed by atoms with E-state index < -0.39 is 0 Å². The van der Waals surface area contributed by atoms with Gasteiger partial charge in [0, 0.05) is 29.3 Å². The van der Waals surface area contributed by atoms with Gasteiger partial charge in [-0.25, -0.2) is 4.39 Å². The molecule has 0 spiro atoms. The Morgan fingerprint density at radius 1 is 1.07 bits per heavy atom. The molecule has 0 radical (unpaired) electrons. The molecule has 1 aliphatic heterocycles. The number of aromatic nitrogens is 2. The van der Waals surface area contributed by atoms with Crippen molar-refractivity contribution in [2.75, 3.05) is 16.0 Å². The molecule has 7 heteroatoms. The van der Waals surface area contributed by atoms with Gasteiger partial charge in [-0.15, -0.1) is 0 Å². The SMILES string of the molecule is Cc1cnc(CNc2ccc(NC=C3C(=O)Nc4cc(F)ccc43)cc2)cn1. The number of amides is 1. The Morgan fingerprint density at radius 2 is 1.86 bits per heavy atom. The zero-order valence-corrected chi connectivity index (χ0v) is 15.2. The van der Waals surface area contributed by atoms with E-state index in [1.165, 1.54) is 12.1 Å². The fraction of sp³-hybridized carbons (Fsp3) is 0.0952. The maximum absolute atomic E-state index is 13.3. The predicted molar refractivity (Wildman–Crippen MR) is 107 cm³/mol. The summed E-state index contributed by atoms with van der Waals surface area (Å²) < 4.78 is 13.3. The highest BCUT2D eigenvalue weighted by Crippen LogP contribution is 2.32. The number of rotatable bonds is 5. The molecule has 1 aliphatic rings. The first-order chi connectivity index (χ1) is 13.6. The van der Waals surface area contributed by atoms with Gasteiger partial charge in [0.15, 0.2) is 0 Å². The molecule has 0 fully saturated rings. The van der Waals surface area contributed by atoms with Gasteiger partial charge in [-0.2, -0.15) is 0 Å².